The van der Waals surface area contributed by atoms with E-state index in [-0.39, 0.29) is 21.8 Å². The van der Waals surface area contributed by atoms with Gasteiger partial charge in [0.05, 0.1) is 10.8 Å². The third-order valence-corrected chi connectivity index (χ3v) is 4.24. The molecule has 0 aromatic heterocycles. The second-order valence-electron chi connectivity index (χ2n) is 3.83. The third-order valence-electron chi connectivity index (χ3n) is 2.72. The standard InChI is InChI=1S/C11H10O5S/c1-6(11(13)14)7-5-17(15,16)9-4-2-3-8(12)10(7)9/h2-6,12H,1H3,(H,13,14). The molecule has 6 heteroatoms. The summed E-state index contributed by atoms with van der Waals surface area (Å²) in [7, 11) is -3.64. The van der Waals surface area contributed by atoms with Gasteiger partial charge in [0.2, 0.25) is 9.84 Å². The lowest BCUT2D eigenvalue weighted by atomic mass is 9.95. The topological polar surface area (TPSA) is 91.7 Å². The molecule has 0 bridgehead atoms. The van der Waals surface area contributed by atoms with Crippen LogP contribution in [-0.2, 0) is 14.6 Å². The van der Waals surface area contributed by atoms with Crippen LogP contribution in [0.4, 0.5) is 0 Å². The molecule has 2 N–H and O–H groups in total. The molecule has 1 aromatic rings. The third kappa shape index (κ3) is 1.70. The predicted octanol–water partition coefficient (Wildman–Crippen LogP) is 1.24. The molecule has 1 aliphatic heterocycles. The average Bonchev–Trinajstić information content (AvgIpc) is 2.51. The Morgan fingerprint density at radius 3 is 2.59 bits per heavy atom. The van der Waals surface area contributed by atoms with Gasteiger partial charge in [-0.25, -0.2) is 8.42 Å². The number of phenols is 1. The maximum atomic E-state index is 11.8. The van der Waals surface area contributed by atoms with E-state index in [9.17, 15) is 18.3 Å². The highest BCUT2D eigenvalue weighted by Crippen LogP contribution is 2.42. The van der Waals surface area contributed by atoms with E-state index >= 15 is 0 Å². The quantitative estimate of drug-likeness (QED) is 0.828. The molecule has 2 rings (SSSR count). The summed E-state index contributed by atoms with van der Waals surface area (Å²) in [6.45, 7) is 1.38. The van der Waals surface area contributed by atoms with E-state index in [1.54, 1.807) is 0 Å². The highest BCUT2D eigenvalue weighted by atomic mass is 32.2. The summed E-state index contributed by atoms with van der Waals surface area (Å²) < 4.78 is 23.5. The predicted molar refractivity (Wildman–Crippen MR) is 60.1 cm³/mol. The number of phenolic OH excluding ortho intramolecular Hbond substituents is 1. The fourth-order valence-electron chi connectivity index (χ4n) is 1.79. The number of fused-ring (bicyclic) bond motifs is 1. The smallest absolute Gasteiger partial charge is 0.310 e. The molecule has 0 saturated carbocycles. The molecule has 1 aliphatic rings. The number of hydrogen-bond acceptors (Lipinski definition) is 4. The van der Waals surface area contributed by atoms with E-state index in [4.69, 9.17) is 5.11 Å². The number of benzene rings is 1. The van der Waals surface area contributed by atoms with Crippen molar-refractivity contribution in [1.82, 2.24) is 0 Å². The summed E-state index contributed by atoms with van der Waals surface area (Å²) >= 11 is 0. The molecule has 90 valence electrons. The summed E-state index contributed by atoms with van der Waals surface area (Å²) in [5, 5.41) is 19.5. The summed E-state index contributed by atoms with van der Waals surface area (Å²) in [5.74, 6) is -2.34. The molecule has 0 radical (unpaired) electrons. The average molecular weight is 254 g/mol. The molecule has 17 heavy (non-hydrogen) atoms. The summed E-state index contributed by atoms with van der Waals surface area (Å²) in [6.07, 6.45) is 0. The van der Waals surface area contributed by atoms with Gasteiger partial charge in [0.25, 0.3) is 0 Å². The Morgan fingerprint density at radius 1 is 1.35 bits per heavy atom. The van der Waals surface area contributed by atoms with Crippen molar-refractivity contribution in [3.05, 3.63) is 29.2 Å². The minimum Gasteiger partial charge on any atom is -0.507 e. The lowest BCUT2D eigenvalue weighted by Crippen LogP contribution is -2.10. The zero-order valence-corrected chi connectivity index (χ0v) is 9.73. The minimum atomic E-state index is -3.64. The van der Waals surface area contributed by atoms with Crippen LogP contribution >= 0.6 is 0 Å². The first-order valence-electron chi connectivity index (χ1n) is 4.86. The first-order valence-corrected chi connectivity index (χ1v) is 6.41. The van der Waals surface area contributed by atoms with Crippen molar-refractivity contribution in [3.8, 4) is 5.75 Å². The number of carboxylic acids is 1. The molecule has 0 aliphatic carbocycles. The Hall–Kier alpha value is -1.82. The van der Waals surface area contributed by atoms with E-state index in [1.165, 1.54) is 25.1 Å². The zero-order chi connectivity index (χ0) is 12.8. The van der Waals surface area contributed by atoms with Gasteiger partial charge < -0.3 is 10.2 Å². The number of aromatic hydroxyl groups is 1. The fourth-order valence-corrected chi connectivity index (χ4v) is 3.35. The van der Waals surface area contributed by atoms with Crippen LogP contribution in [0.2, 0.25) is 0 Å². The van der Waals surface area contributed by atoms with Crippen LogP contribution in [-0.4, -0.2) is 24.6 Å². The first kappa shape index (κ1) is 11.7. The van der Waals surface area contributed by atoms with Crippen molar-refractivity contribution in [1.29, 1.82) is 0 Å². The van der Waals surface area contributed by atoms with E-state index in [0.29, 0.717) is 0 Å². The molecule has 0 amide bonds. The van der Waals surface area contributed by atoms with Crippen molar-refractivity contribution >= 4 is 21.4 Å². The highest BCUT2D eigenvalue weighted by molar-refractivity contribution is 7.95. The van der Waals surface area contributed by atoms with E-state index in [2.05, 4.69) is 0 Å². The second kappa shape index (κ2) is 3.59. The number of carbonyl (C=O) groups is 1. The van der Waals surface area contributed by atoms with Gasteiger partial charge in [-0.1, -0.05) is 6.07 Å². The Balaban J connectivity index is 2.72. The van der Waals surface area contributed by atoms with Crippen LogP contribution in [0.15, 0.2) is 28.5 Å². The van der Waals surface area contributed by atoms with E-state index in [0.717, 1.165) is 5.41 Å². The Bertz CT molecular complexity index is 627. The summed E-state index contributed by atoms with van der Waals surface area (Å²) in [4.78, 5) is 10.9. The highest BCUT2D eigenvalue weighted by Gasteiger charge is 2.34. The summed E-state index contributed by atoms with van der Waals surface area (Å²) in [6, 6.07) is 4.10. The van der Waals surface area contributed by atoms with Crippen LogP contribution in [0.5, 0.6) is 5.75 Å². The zero-order valence-electron chi connectivity index (χ0n) is 8.91. The Kier molecular flexibility index (Phi) is 2.46. The molecule has 5 nitrogen and oxygen atoms in total. The number of rotatable bonds is 2. The molecule has 1 unspecified atom stereocenters. The largest absolute Gasteiger partial charge is 0.507 e. The van der Waals surface area contributed by atoms with Gasteiger partial charge in [-0.15, -0.1) is 0 Å². The second-order valence-corrected chi connectivity index (χ2v) is 5.59. The van der Waals surface area contributed by atoms with Crippen molar-refractivity contribution in [2.75, 3.05) is 0 Å². The van der Waals surface area contributed by atoms with Gasteiger partial charge in [0.1, 0.15) is 5.75 Å². The van der Waals surface area contributed by atoms with Crippen LogP contribution in [0.1, 0.15) is 12.5 Å². The molecule has 0 spiro atoms. The number of sulfone groups is 1. The molecular formula is C11H10O5S. The maximum absolute atomic E-state index is 11.8. The maximum Gasteiger partial charge on any atom is 0.310 e. The lowest BCUT2D eigenvalue weighted by Gasteiger charge is -2.10. The van der Waals surface area contributed by atoms with E-state index < -0.39 is 21.7 Å². The molecule has 1 heterocycles. The normalized spacial score (nSPS) is 18.3. The van der Waals surface area contributed by atoms with Gasteiger partial charge in [-0.2, -0.15) is 0 Å². The van der Waals surface area contributed by atoms with Crippen LogP contribution in [0, 0.1) is 5.92 Å². The Morgan fingerprint density at radius 2 is 2.00 bits per heavy atom. The number of aliphatic carboxylic acids is 1. The number of carboxylic acid groups (broad SMARTS) is 1. The van der Waals surface area contributed by atoms with Crippen molar-refractivity contribution in [3.63, 3.8) is 0 Å². The minimum absolute atomic E-state index is 0.0411. The number of hydrogen-bond donors (Lipinski definition) is 2. The van der Waals surface area contributed by atoms with Crippen LogP contribution in [0.3, 0.4) is 0 Å². The molecular weight excluding hydrogens is 244 g/mol. The van der Waals surface area contributed by atoms with E-state index in [1.807, 2.05) is 0 Å². The SMILES string of the molecule is CC(C(=O)O)C1=CS(=O)(=O)c2cccc(O)c21. The van der Waals surface area contributed by atoms with Gasteiger partial charge in [0.15, 0.2) is 0 Å². The molecule has 1 aromatic carbocycles. The monoisotopic (exact) mass is 254 g/mol. The first-order chi connectivity index (χ1) is 7.84. The summed E-state index contributed by atoms with van der Waals surface area (Å²) in [5.41, 5.74) is 0.216. The van der Waals surface area contributed by atoms with Crippen molar-refractivity contribution in [2.45, 2.75) is 11.8 Å². The van der Waals surface area contributed by atoms with Gasteiger partial charge >= 0.3 is 5.97 Å². The molecule has 0 saturated heterocycles. The van der Waals surface area contributed by atoms with Crippen molar-refractivity contribution < 1.29 is 23.4 Å². The Labute approximate surface area is 97.9 Å². The van der Waals surface area contributed by atoms with Gasteiger partial charge in [-0.05, 0) is 24.6 Å². The lowest BCUT2D eigenvalue weighted by molar-refractivity contribution is -0.139. The van der Waals surface area contributed by atoms with Gasteiger partial charge in [0, 0.05) is 11.0 Å². The van der Waals surface area contributed by atoms with Crippen LogP contribution < -0.4 is 0 Å². The van der Waals surface area contributed by atoms with Crippen molar-refractivity contribution in [2.24, 2.45) is 5.92 Å². The van der Waals surface area contributed by atoms with Crippen LogP contribution in [0.25, 0.3) is 5.57 Å². The fraction of sp³-hybridized carbons (Fsp3) is 0.182. The van der Waals surface area contributed by atoms with Gasteiger partial charge in [-0.3, -0.25) is 4.79 Å². The molecule has 0 fully saturated rings. The molecule has 1 atom stereocenters.